The Labute approximate surface area is 179 Å². The summed E-state index contributed by atoms with van der Waals surface area (Å²) in [6.45, 7) is 5.71. The molecule has 1 aliphatic rings. The number of amides is 1. The zero-order valence-corrected chi connectivity index (χ0v) is 18.3. The van der Waals surface area contributed by atoms with Gasteiger partial charge in [-0.05, 0) is 37.1 Å². The van der Waals surface area contributed by atoms with E-state index in [9.17, 15) is 4.79 Å². The fraction of sp³-hybridized carbons (Fsp3) is 0.458. The standard InChI is InChI=1S/C24H33N3O3/c1-4-24(28)27(19-8-6-5-7-9-19)20-12-15-26(16-13-20)17-14-25-22-11-10-21(29-2)18-23(22)30-3/h5-11,18,20,25H,4,12-17H2,1-3H3. The number of piperidine rings is 1. The van der Waals surface area contributed by atoms with Crippen molar-refractivity contribution < 1.29 is 14.3 Å². The maximum Gasteiger partial charge on any atom is 0.226 e. The first-order valence-electron chi connectivity index (χ1n) is 10.7. The molecule has 1 aliphatic heterocycles. The fourth-order valence-electron chi connectivity index (χ4n) is 4.01. The van der Waals surface area contributed by atoms with Gasteiger partial charge in [-0.2, -0.15) is 0 Å². The van der Waals surface area contributed by atoms with E-state index in [4.69, 9.17) is 9.47 Å². The molecule has 0 bridgehead atoms. The number of carbonyl (C=O) groups is 1. The number of carbonyl (C=O) groups excluding carboxylic acids is 1. The molecule has 0 aliphatic carbocycles. The van der Waals surface area contributed by atoms with Crippen LogP contribution in [0.3, 0.4) is 0 Å². The average Bonchev–Trinajstić information content (AvgIpc) is 2.81. The fourth-order valence-corrected chi connectivity index (χ4v) is 4.01. The van der Waals surface area contributed by atoms with Gasteiger partial charge in [-0.25, -0.2) is 0 Å². The highest BCUT2D eigenvalue weighted by molar-refractivity contribution is 5.93. The Bertz CT molecular complexity index is 805. The van der Waals surface area contributed by atoms with Gasteiger partial charge in [0.25, 0.3) is 0 Å². The van der Waals surface area contributed by atoms with E-state index in [-0.39, 0.29) is 11.9 Å². The molecule has 1 amide bonds. The predicted octanol–water partition coefficient (Wildman–Crippen LogP) is 4.02. The summed E-state index contributed by atoms with van der Waals surface area (Å²) < 4.78 is 10.7. The van der Waals surface area contributed by atoms with Crippen molar-refractivity contribution in [3.05, 3.63) is 48.5 Å². The number of para-hydroxylation sites is 1. The minimum absolute atomic E-state index is 0.202. The molecule has 2 aromatic carbocycles. The lowest BCUT2D eigenvalue weighted by Crippen LogP contribution is -2.48. The number of anilines is 2. The third-order valence-corrected chi connectivity index (χ3v) is 5.68. The highest BCUT2D eigenvalue weighted by atomic mass is 16.5. The zero-order chi connectivity index (χ0) is 21.3. The van der Waals surface area contributed by atoms with Gasteiger partial charge in [0.05, 0.1) is 19.9 Å². The Balaban J connectivity index is 1.51. The molecule has 162 valence electrons. The average molecular weight is 412 g/mol. The molecule has 0 spiro atoms. The Morgan fingerprint density at radius 2 is 1.83 bits per heavy atom. The van der Waals surface area contributed by atoms with Crippen molar-refractivity contribution in [2.75, 3.05) is 50.6 Å². The quantitative estimate of drug-likeness (QED) is 0.675. The van der Waals surface area contributed by atoms with E-state index in [1.54, 1.807) is 14.2 Å². The first-order chi connectivity index (χ1) is 14.7. The maximum absolute atomic E-state index is 12.6. The van der Waals surface area contributed by atoms with E-state index >= 15 is 0 Å². The molecule has 0 unspecified atom stereocenters. The number of rotatable bonds is 9. The molecule has 0 atom stereocenters. The molecule has 6 heteroatoms. The van der Waals surface area contributed by atoms with Crippen LogP contribution >= 0.6 is 0 Å². The molecule has 1 saturated heterocycles. The third-order valence-electron chi connectivity index (χ3n) is 5.68. The summed E-state index contributed by atoms with van der Waals surface area (Å²) in [5.74, 6) is 1.77. The van der Waals surface area contributed by atoms with Gasteiger partial charge in [0.1, 0.15) is 11.5 Å². The van der Waals surface area contributed by atoms with Crippen LogP contribution < -0.4 is 19.7 Å². The summed E-state index contributed by atoms with van der Waals surface area (Å²) in [7, 11) is 3.32. The van der Waals surface area contributed by atoms with Crippen molar-refractivity contribution in [1.29, 1.82) is 0 Å². The molecular weight excluding hydrogens is 378 g/mol. The molecule has 0 aromatic heterocycles. The monoisotopic (exact) mass is 411 g/mol. The lowest BCUT2D eigenvalue weighted by atomic mass is 10.0. The van der Waals surface area contributed by atoms with E-state index in [0.717, 1.165) is 61.9 Å². The van der Waals surface area contributed by atoms with E-state index in [0.29, 0.717) is 6.42 Å². The molecule has 0 radical (unpaired) electrons. The summed E-state index contributed by atoms with van der Waals surface area (Å²) in [5.41, 5.74) is 1.98. The number of nitrogens with zero attached hydrogens (tertiary/aromatic N) is 2. The number of benzene rings is 2. The van der Waals surface area contributed by atoms with Crippen LogP contribution in [0.5, 0.6) is 11.5 Å². The SMILES string of the molecule is CCC(=O)N(c1ccccc1)C1CCN(CCNc2ccc(OC)cc2OC)CC1. The second-order valence-corrected chi connectivity index (χ2v) is 7.52. The van der Waals surface area contributed by atoms with Gasteiger partial charge in [-0.15, -0.1) is 0 Å². The number of nitrogens with one attached hydrogen (secondary N) is 1. The second kappa shape index (κ2) is 10.9. The normalized spacial score (nSPS) is 14.9. The van der Waals surface area contributed by atoms with Crippen molar-refractivity contribution >= 4 is 17.3 Å². The molecule has 30 heavy (non-hydrogen) atoms. The predicted molar refractivity (Wildman–Crippen MR) is 122 cm³/mol. The Hall–Kier alpha value is -2.73. The first kappa shape index (κ1) is 22.0. The summed E-state index contributed by atoms with van der Waals surface area (Å²) in [6, 6.07) is 16.1. The van der Waals surface area contributed by atoms with Gasteiger partial charge in [-0.3, -0.25) is 4.79 Å². The van der Waals surface area contributed by atoms with E-state index in [2.05, 4.69) is 10.2 Å². The summed E-state index contributed by atoms with van der Waals surface area (Å²) in [5, 5.41) is 3.46. The minimum atomic E-state index is 0.202. The number of methoxy groups -OCH3 is 2. The Kier molecular flexibility index (Phi) is 7.97. The van der Waals surface area contributed by atoms with Crippen molar-refractivity contribution in [2.45, 2.75) is 32.2 Å². The summed E-state index contributed by atoms with van der Waals surface area (Å²) in [4.78, 5) is 17.1. The summed E-state index contributed by atoms with van der Waals surface area (Å²) >= 11 is 0. The third kappa shape index (κ3) is 5.45. The molecular formula is C24H33N3O3. The molecule has 3 rings (SSSR count). The van der Waals surface area contributed by atoms with Crippen molar-refractivity contribution in [3.8, 4) is 11.5 Å². The van der Waals surface area contributed by atoms with Gasteiger partial charge >= 0.3 is 0 Å². The van der Waals surface area contributed by atoms with Crippen molar-refractivity contribution in [1.82, 2.24) is 4.90 Å². The van der Waals surface area contributed by atoms with Gasteiger partial charge in [0.2, 0.25) is 5.91 Å². The summed E-state index contributed by atoms with van der Waals surface area (Å²) in [6.07, 6.45) is 2.52. The van der Waals surface area contributed by atoms with Crippen LogP contribution in [0.15, 0.2) is 48.5 Å². The highest BCUT2D eigenvalue weighted by Gasteiger charge is 2.28. The molecule has 6 nitrogen and oxygen atoms in total. The number of ether oxygens (including phenoxy) is 2. The molecule has 2 aromatic rings. The van der Waals surface area contributed by atoms with E-state index in [1.165, 1.54) is 0 Å². The van der Waals surface area contributed by atoms with Gasteiger partial charge in [0.15, 0.2) is 0 Å². The van der Waals surface area contributed by atoms with E-state index in [1.807, 2.05) is 60.4 Å². The van der Waals surface area contributed by atoms with Crippen LogP contribution in [-0.4, -0.2) is 57.2 Å². The van der Waals surface area contributed by atoms with Crippen molar-refractivity contribution in [3.63, 3.8) is 0 Å². The lowest BCUT2D eigenvalue weighted by Gasteiger charge is -2.38. The van der Waals surface area contributed by atoms with Crippen LogP contribution in [0.4, 0.5) is 11.4 Å². The van der Waals surface area contributed by atoms with Gasteiger partial charge < -0.3 is 24.6 Å². The minimum Gasteiger partial charge on any atom is -0.497 e. The Morgan fingerprint density at radius 3 is 2.47 bits per heavy atom. The van der Waals surface area contributed by atoms with Crippen LogP contribution in [0.1, 0.15) is 26.2 Å². The smallest absolute Gasteiger partial charge is 0.226 e. The van der Waals surface area contributed by atoms with Gasteiger partial charge in [0, 0.05) is 50.4 Å². The van der Waals surface area contributed by atoms with Crippen LogP contribution in [0.2, 0.25) is 0 Å². The van der Waals surface area contributed by atoms with Gasteiger partial charge in [-0.1, -0.05) is 25.1 Å². The molecule has 1 fully saturated rings. The number of likely N-dealkylation sites (tertiary alicyclic amines) is 1. The molecule has 0 saturated carbocycles. The number of hydrogen-bond acceptors (Lipinski definition) is 5. The topological polar surface area (TPSA) is 54.0 Å². The van der Waals surface area contributed by atoms with Crippen LogP contribution in [-0.2, 0) is 4.79 Å². The highest BCUT2D eigenvalue weighted by Crippen LogP contribution is 2.29. The lowest BCUT2D eigenvalue weighted by molar-refractivity contribution is -0.119. The van der Waals surface area contributed by atoms with Crippen LogP contribution in [0.25, 0.3) is 0 Å². The molecule has 1 heterocycles. The largest absolute Gasteiger partial charge is 0.497 e. The van der Waals surface area contributed by atoms with Crippen LogP contribution in [0, 0.1) is 0 Å². The molecule has 1 N–H and O–H groups in total. The van der Waals surface area contributed by atoms with Crippen molar-refractivity contribution in [2.24, 2.45) is 0 Å². The second-order valence-electron chi connectivity index (χ2n) is 7.52. The number of hydrogen-bond donors (Lipinski definition) is 1. The Morgan fingerprint density at radius 1 is 1.10 bits per heavy atom. The first-order valence-corrected chi connectivity index (χ1v) is 10.7. The maximum atomic E-state index is 12.6. The zero-order valence-electron chi connectivity index (χ0n) is 18.3. The van der Waals surface area contributed by atoms with E-state index < -0.39 is 0 Å².